The zero-order chi connectivity index (χ0) is 11.9. The summed E-state index contributed by atoms with van der Waals surface area (Å²) in [5, 5.41) is 0. The van der Waals surface area contributed by atoms with Gasteiger partial charge in [0.15, 0.2) is 5.69 Å². The quantitative estimate of drug-likeness (QED) is 0.783. The van der Waals surface area contributed by atoms with Gasteiger partial charge in [-0.2, -0.15) is 13.2 Å². The first-order chi connectivity index (χ1) is 7.43. The number of halogens is 3. The van der Waals surface area contributed by atoms with Crippen molar-refractivity contribution in [1.29, 1.82) is 0 Å². The third-order valence-corrected chi connectivity index (χ3v) is 2.54. The van der Waals surface area contributed by atoms with Crippen LogP contribution in [0.5, 0.6) is 0 Å². The zero-order valence-electron chi connectivity index (χ0n) is 8.67. The predicted octanol–water partition coefficient (Wildman–Crippen LogP) is 0.946. The van der Waals surface area contributed by atoms with Gasteiger partial charge in [-0.25, -0.2) is 9.97 Å². The second kappa shape index (κ2) is 3.58. The molecule has 1 aromatic rings. The van der Waals surface area contributed by atoms with Crippen molar-refractivity contribution in [2.24, 2.45) is 5.73 Å². The molecule has 0 aromatic carbocycles. The SMILES string of the molecule is CN1CCc2c1nc(CN)nc2C(F)(F)F. The van der Waals surface area contributed by atoms with Gasteiger partial charge in [0, 0.05) is 19.2 Å². The van der Waals surface area contributed by atoms with Crippen LogP contribution in [0.4, 0.5) is 19.0 Å². The molecule has 1 aliphatic heterocycles. The van der Waals surface area contributed by atoms with E-state index in [2.05, 4.69) is 9.97 Å². The number of anilines is 1. The number of likely N-dealkylation sites (N-methyl/N-ethyl adjacent to an activating group) is 1. The number of hydrogen-bond donors (Lipinski definition) is 1. The van der Waals surface area contributed by atoms with Gasteiger partial charge >= 0.3 is 6.18 Å². The fraction of sp³-hybridized carbons (Fsp3) is 0.556. The minimum Gasteiger partial charge on any atom is -0.359 e. The number of alkyl halides is 3. The zero-order valence-corrected chi connectivity index (χ0v) is 8.67. The average molecular weight is 232 g/mol. The molecule has 2 rings (SSSR count). The Bertz CT molecular complexity index is 416. The molecule has 0 bridgehead atoms. The Morgan fingerprint density at radius 3 is 2.62 bits per heavy atom. The molecular weight excluding hydrogens is 221 g/mol. The van der Waals surface area contributed by atoms with Crippen molar-refractivity contribution in [3.8, 4) is 0 Å². The van der Waals surface area contributed by atoms with Crippen LogP contribution in [0, 0.1) is 0 Å². The van der Waals surface area contributed by atoms with Gasteiger partial charge in [-0.1, -0.05) is 0 Å². The maximum atomic E-state index is 12.7. The minimum absolute atomic E-state index is 0.0276. The number of fused-ring (bicyclic) bond motifs is 1. The summed E-state index contributed by atoms with van der Waals surface area (Å²) in [6.07, 6.45) is -4.12. The van der Waals surface area contributed by atoms with E-state index in [0.717, 1.165) is 0 Å². The van der Waals surface area contributed by atoms with Crippen molar-refractivity contribution in [3.05, 3.63) is 17.1 Å². The van der Waals surface area contributed by atoms with Crippen molar-refractivity contribution in [2.45, 2.75) is 19.1 Å². The molecule has 7 heteroatoms. The van der Waals surface area contributed by atoms with E-state index in [-0.39, 0.29) is 17.9 Å². The Balaban J connectivity index is 2.61. The van der Waals surface area contributed by atoms with E-state index in [9.17, 15) is 13.2 Å². The Hall–Kier alpha value is -1.37. The minimum atomic E-state index is -4.44. The lowest BCUT2D eigenvalue weighted by Gasteiger charge is -2.14. The van der Waals surface area contributed by atoms with Gasteiger partial charge < -0.3 is 10.6 Å². The van der Waals surface area contributed by atoms with E-state index < -0.39 is 11.9 Å². The van der Waals surface area contributed by atoms with Crippen molar-refractivity contribution in [3.63, 3.8) is 0 Å². The molecule has 0 fully saturated rings. The predicted molar refractivity (Wildman–Crippen MR) is 51.9 cm³/mol. The summed E-state index contributed by atoms with van der Waals surface area (Å²) >= 11 is 0. The first-order valence-electron chi connectivity index (χ1n) is 4.81. The van der Waals surface area contributed by atoms with Crippen molar-refractivity contribution >= 4 is 5.82 Å². The van der Waals surface area contributed by atoms with Crippen molar-refractivity contribution in [1.82, 2.24) is 9.97 Å². The van der Waals surface area contributed by atoms with Crippen LogP contribution in [0.2, 0.25) is 0 Å². The number of aromatic nitrogens is 2. The van der Waals surface area contributed by atoms with E-state index in [1.54, 1.807) is 11.9 Å². The summed E-state index contributed by atoms with van der Waals surface area (Å²) in [6, 6.07) is 0. The molecule has 16 heavy (non-hydrogen) atoms. The van der Waals surface area contributed by atoms with Gasteiger partial charge in [-0.05, 0) is 6.42 Å². The Labute approximate surface area is 90.3 Å². The van der Waals surface area contributed by atoms with Crippen LogP contribution in [0.3, 0.4) is 0 Å². The average Bonchev–Trinajstić information content (AvgIpc) is 2.58. The second-order valence-corrected chi connectivity index (χ2v) is 3.66. The molecule has 1 aliphatic rings. The monoisotopic (exact) mass is 232 g/mol. The standard InChI is InChI=1S/C9H11F3N4/c1-16-3-2-5-7(9(10,11)12)14-6(4-13)15-8(5)16/h2-4,13H2,1H3. The molecule has 88 valence electrons. The molecule has 2 heterocycles. The summed E-state index contributed by atoms with van der Waals surface area (Å²) in [4.78, 5) is 9.18. The van der Waals surface area contributed by atoms with Gasteiger partial charge in [0.2, 0.25) is 0 Å². The Kier molecular flexibility index (Phi) is 2.49. The van der Waals surface area contributed by atoms with Crippen LogP contribution in [0.1, 0.15) is 17.1 Å². The fourth-order valence-electron chi connectivity index (χ4n) is 1.77. The molecule has 4 nitrogen and oxygen atoms in total. The lowest BCUT2D eigenvalue weighted by atomic mass is 10.2. The Morgan fingerprint density at radius 1 is 1.38 bits per heavy atom. The van der Waals surface area contributed by atoms with E-state index in [1.807, 2.05) is 0 Å². The third-order valence-electron chi connectivity index (χ3n) is 2.54. The number of rotatable bonds is 1. The number of nitrogens with two attached hydrogens (primary N) is 1. The molecule has 0 aliphatic carbocycles. The molecule has 2 N–H and O–H groups in total. The molecular formula is C9H11F3N4. The van der Waals surface area contributed by atoms with Gasteiger partial charge in [-0.15, -0.1) is 0 Å². The van der Waals surface area contributed by atoms with Gasteiger partial charge in [-0.3, -0.25) is 0 Å². The van der Waals surface area contributed by atoms with Gasteiger partial charge in [0.1, 0.15) is 11.6 Å². The van der Waals surface area contributed by atoms with Crippen LogP contribution >= 0.6 is 0 Å². The topological polar surface area (TPSA) is 55.0 Å². The molecule has 0 radical (unpaired) electrons. The second-order valence-electron chi connectivity index (χ2n) is 3.66. The molecule has 1 aromatic heterocycles. The third kappa shape index (κ3) is 1.71. The Morgan fingerprint density at radius 2 is 2.06 bits per heavy atom. The van der Waals surface area contributed by atoms with E-state index in [0.29, 0.717) is 18.8 Å². The highest BCUT2D eigenvalue weighted by molar-refractivity contribution is 5.54. The summed E-state index contributed by atoms with van der Waals surface area (Å²) in [7, 11) is 1.71. The van der Waals surface area contributed by atoms with E-state index in [1.165, 1.54) is 0 Å². The van der Waals surface area contributed by atoms with Crippen LogP contribution in [-0.2, 0) is 19.1 Å². The summed E-state index contributed by atoms with van der Waals surface area (Å²) in [5.41, 5.74) is 4.62. The van der Waals surface area contributed by atoms with Gasteiger partial charge in [0.05, 0.1) is 6.54 Å². The summed E-state index contributed by atoms with van der Waals surface area (Å²) in [6.45, 7) is 0.436. The number of hydrogen-bond acceptors (Lipinski definition) is 4. The highest BCUT2D eigenvalue weighted by atomic mass is 19.4. The summed E-state index contributed by atoms with van der Waals surface area (Å²) in [5.74, 6) is 0.377. The first kappa shape index (κ1) is 11.1. The molecule has 0 atom stereocenters. The highest BCUT2D eigenvalue weighted by Crippen LogP contribution is 2.36. The van der Waals surface area contributed by atoms with E-state index in [4.69, 9.17) is 5.73 Å². The van der Waals surface area contributed by atoms with Gasteiger partial charge in [0.25, 0.3) is 0 Å². The van der Waals surface area contributed by atoms with Crippen molar-refractivity contribution < 1.29 is 13.2 Å². The largest absolute Gasteiger partial charge is 0.433 e. The normalized spacial score (nSPS) is 15.4. The maximum absolute atomic E-state index is 12.7. The molecule has 0 saturated carbocycles. The fourth-order valence-corrected chi connectivity index (χ4v) is 1.77. The molecule has 0 saturated heterocycles. The molecule has 0 unspecified atom stereocenters. The van der Waals surface area contributed by atoms with E-state index >= 15 is 0 Å². The van der Waals surface area contributed by atoms with Crippen molar-refractivity contribution in [2.75, 3.05) is 18.5 Å². The summed E-state index contributed by atoms with van der Waals surface area (Å²) < 4.78 is 38.2. The maximum Gasteiger partial charge on any atom is 0.433 e. The van der Waals surface area contributed by atoms with Crippen LogP contribution in [-0.4, -0.2) is 23.6 Å². The molecule has 0 amide bonds. The smallest absolute Gasteiger partial charge is 0.359 e. The van der Waals surface area contributed by atoms with Crippen LogP contribution in [0.15, 0.2) is 0 Å². The lowest BCUT2D eigenvalue weighted by molar-refractivity contribution is -0.141. The highest BCUT2D eigenvalue weighted by Gasteiger charge is 2.39. The lowest BCUT2D eigenvalue weighted by Crippen LogP contribution is -2.18. The van der Waals surface area contributed by atoms with Crippen LogP contribution < -0.4 is 10.6 Å². The van der Waals surface area contributed by atoms with Crippen LogP contribution in [0.25, 0.3) is 0 Å². The molecule has 0 spiro atoms. The number of nitrogens with zero attached hydrogens (tertiary/aromatic N) is 3. The first-order valence-corrected chi connectivity index (χ1v) is 4.81.